The average molecular weight is 456 g/mol. The molecule has 0 amide bonds. The van der Waals surface area contributed by atoms with Gasteiger partial charge in [-0.05, 0) is 23.4 Å². The van der Waals surface area contributed by atoms with Crippen molar-refractivity contribution in [3.05, 3.63) is 30.3 Å². The molecule has 0 spiro atoms. The fourth-order valence-electron chi connectivity index (χ4n) is 0.855. The number of anilines is 1. The number of nitrogens with one attached hydrogen (secondary N) is 1. The standard InChI is InChI=1S/C8H8Br3ClNO2P/c9-8(10,11)6-15-16(12,14)13-7-4-2-1-3-5-7/h1-5H,6H2,(H,13,14). The average Bonchev–Trinajstić information content (AvgIpc) is 2.15. The number of halogens is 4. The maximum atomic E-state index is 11.8. The van der Waals surface area contributed by atoms with Gasteiger partial charge in [-0.2, -0.15) is 0 Å². The van der Waals surface area contributed by atoms with Crippen LogP contribution in [0.3, 0.4) is 0 Å². The first-order valence-corrected chi connectivity index (χ1v) is 9.04. The smallest absolute Gasteiger partial charge is 0.303 e. The Morgan fingerprint density at radius 1 is 1.31 bits per heavy atom. The normalized spacial score (nSPS) is 15.5. The van der Waals surface area contributed by atoms with Gasteiger partial charge < -0.3 is 5.09 Å². The lowest BCUT2D eigenvalue weighted by Crippen LogP contribution is -2.10. The van der Waals surface area contributed by atoms with E-state index in [-0.39, 0.29) is 6.61 Å². The minimum absolute atomic E-state index is 0.0909. The van der Waals surface area contributed by atoms with E-state index in [1.807, 2.05) is 18.2 Å². The zero-order valence-corrected chi connectivity index (χ0v) is 14.3. The SMILES string of the molecule is O=P(Cl)(Nc1ccccc1)OCC(Br)(Br)Br. The maximum absolute atomic E-state index is 11.8. The second-order valence-electron chi connectivity index (χ2n) is 2.85. The summed E-state index contributed by atoms with van der Waals surface area (Å²) in [5.41, 5.74) is 0.644. The van der Waals surface area contributed by atoms with Crippen molar-refractivity contribution < 1.29 is 9.09 Å². The van der Waals surface area contributed by atoms with Gasteiger partial charge in [-0.25, -0.2) is 4.57 Å². The van der Waals surface area contributed by atoms with Gasteiger partial charge in [0.2, 0.25) is 0 Å². The molecule has 0 radical (unpaired) electrons. The molecule has 0 fully saturated rings. The monoisotopic (exact) mass is 453 g/mol. The third-order valence-corrected chi connectivity index (χ3v) is 3.65. The first kappa shape index (κ1) is 15.0. The molecule has 1 aromatic carbocycles. The summed E-state index contributed by atoms with van der Waals surface area (Å²) in [5.74, 6) is 0. The number of rotatable bonds is 4. The highest BCUT2D eigenvalue weighted by Crippen LogP contribution is 2.53. The Hall–Kier alpha value is 0.940. The summed E-state index contributed by atoms with van der Waals surface area (Å²) in [5, 5.41) is 2.63. The number of hydrogen-bond donors (Lipinski definition) is 1. The Labute approximate surface area is 124 Å². The van der Waals surface area contributed by atoms with Crippen LogP contribution >= 0.6 is 65.9 Å². The van der Waals surface area contributed by atoms with Crippen LogP contribution in [-0.2, 0) is 9.09 Å². The maximum Gasteiger partial charge on any atom is 0.385 e. The van der Waals surface area contributed by atoms with E-state index in [0.29, 0.717) is 5.69 Å². The fraction of sp³-hybridized carbons (Fsp3) is 0.250. The van der Waals surface area contributed by atoms with Crippen molar-refractivity contribution >= 4 is 71.6 Å². The molecule has 1 aromatic rings. The molecule has 8 heteroatoms. The Morgan fingerprint density at radius 3 is 2.38 bits per heavy atom. The van der Waals surface area contributed by atoms with E-state index in [9.17, 15) is 4.57 Å². The van der Waals surface area contributed by atoms with E-state index in [0.717, 1.165) is 0 Å². The minimum atomic E-state index is -3.38. The summed E-state index contributed by atoms with van der Waals surface area (Å²) >= 11 is 15.4. The lowest BCUT2D eigenvalue weighted by Gasteiger charge is -2.17. The van der Waals surface area contributed by atoms with Crippen LogP contribution in [0.4, 0.5) is 5.69 Å². The van der Waals surface area contributed by atoms with E-state index in [1.165, 1.54) is 0 Å². The van der Waals surface area contributed by atoms with Crippen molar-refractivity contribution in [2.24, 2.45) is 0 Å². The molecule has 1 unspecified atom stereocenters. The van der Waals surface area contributed by atoms with Gasteiger partial charge in [0, 0.05) is 5.69 Å². The number of benzene rings is 1. The predicted molar refractivity (Wildman–Crippen MR) is 79.0 cm³/mol. The van der Waals surface area contributed by atoms with Crippen LogP contribution in [0.2, 0.25) is 0 Å². The van der Waals surface area contributed by atoms with E-state index in [4.69, 9.17) is 15.8 Å². The largest absolute Gasteiger partial charge is 0.385 e. The van der Waals surface area contributed by atoms with E-state index in [1.54, 1.807) is 12.1 Å². The van der Waals surface area contributed by atoms with Gasteiger partial charge in [0.15, 0.2) is 2.14 Å². The summed E-state index contributed by atoms with van der Waals surface area (Å²) in [7, 11) is 0. The number of alkyl halides is 3. The fourth-order valence-corrected chi connectivity index (χ4v) is 3.05. The van der Waals surface area contributed by atoms with Crippen LogP contribution < -0.4 is 5.09 Å². The second-order valence-corrected chi connectivity index (χ2v) is 12.9. The van der Waals surface area contributed by atoms with Crippen molar-refractivity contribution in [2.45, 2.75) is 2.14 Å². The molecular formula is C8H8Br3ClNO2P. The van der Waals surface area contributed by atoms with Crippen molar-refractivity contribution in [2.75, 3.05) is 11.7 Å². The second kappa shape index (κ2) is 6.21. The van der Waals surface area contributed by atoms with Gasteiger partial charge in [0.1, 0.15) is 0 Å². The van der Waals surface area contributed by atoms with Crippen molar-refractivity contribution in [3.63, 3.8) is 0 Å². The van der Waals surface area contributed by atoms with Crippen LogP contribution in [0.25, 0.3) is 0 Å². The van der Waals surface area contributed by atoms with Crippen LogP contribution in [0.5, 0.6) is 0 Å². The first-order chi connectivity index (χ1) is 7.29. The molecule has 0 aliphatic heterocycles. The third kappa shape index (κ3) is 6.62. The highest BCUT2D eigenvalue weighted by atomic mass is 80.0. The lowest BCUT2D eigenvalue weighted by molar-refractivity contribution is 0.344. The molecule has 1 atom stereocenters. The minimum Gasteiger partial charge on any atom is -0.303 e. The van der Waals surface area contributed by atoms with E-state index < -0.39 is 9.02 Å². The van der Waals surface area contributed by atoms with Crippen LogP contribution in [0, 0.1) is 0 Å². The van der Waals surface area contributed by atoms with E-state index in [2.05, 4.69) is 52.9 Å². The van der Waals surface area contributed by atoms with Gasteiger partial charge >= 0.3 is 6.87 Å². The van der Waals surface area contributed by atoms with Gasteiger partial charge in [-0.15, -0.1) is 0 Å². The summed E-state index contributed by atoms with van der Waals surface area (Å²) in [4.78, 5) is 0. The van der Waals surface area contributed by atoms with Crippen molar-refractivity contribution in [1.82, 2.24) is 0 Å². The molecule has 0 saturated carbocycles. The molecule has 0 aliphatic carbocycles. The number of para-hydroxylation sites is 1. The molecule has 90 valence electrons. The van der Waals surface area contributed by atoms with Crippen molar-refractivity contribution in [3.8, 4) is 0 Å². The van der Waals surface area contributed by atoms with Crippen LogP contribution in [0.1, 0.15) is 0 Å². The Morgan fingerprint density at radius 2 is 1.88 bits per heavy atom. The molecule has 1 rings (SSSR count). The first-order valence-electron chi connectivity index (χ1n) is 4.13. The molecule has 3 nitrogen and oxygen atoms in total. The van der Waals surface area contributed by atoms with Gasteiger partial charge in [-0.3, -0.25) is 4.52 Å². The Kier molecular flexibility index (Phi) is 5.82. The molecule has 16 heavy (non-hydrogen) atoms. The predicted octanol–water partition coefficient (Wildman–Crippen LogP) is 5.30. The lowest BCUT2D eigenvalue weighted by atomic mass is 10.3. The van der Waals surface area contributed by atoms with Gasteiger partial charge in [-0.1, -0.05) is 66.0 Å². The quantitative estimate of drug-likeness (QED) is 0.494. The van der Waals surface area contributed by atoms with Gasteiger partial charge in [0.05, 0.1) is 6.61 Å². The highest BCUT2D eigenvalue weighted by Gasteiger charge is 2.26. The van der Waals surface area contributed by atoms with Crippen LogP contribution in [-0.4, -0.2) is 8.75 Å². The summed E-state index contributed by atoms with van der Waals surface area (Å²) < 4.78 is 16.2. The molecular weight excluding hydrogens is 448 g/mol. The molecule has 0 aliphatic rings. The molecule has 0 bridgehead atoms. The van der Waals surface area contributed by atoms with E-state index >= 15 is 0 Å². The molecule has 0 heterocycles. The summed E-state index contributed by atoms with van der Waals surface area (Å²) in [6.07, 6.45) is 0. The Bertz CT molecular complexity index is 385. The van der Waals surface area contributed by atoms with Crippen LogP contribution in [0.15, 0.2) is 30.3 Å². The molecule has 0 saturated heterocycles. The third-order valence-electron chi connectivity index (χ3n) is 1.43. The summed E-state index contributed by atoms with van der Waals surface area (Å²) in [6, 6.07) is 8.97. The van der Waals surface area contributed by atoms with Gasteiger partial charge in [0.25, 0.3) is 0 Å². The topological polar surface area (TPSA) is 38.3 Å². The number of hydrogen-bond acceptors (Lipinski definition) is 2. The molecule has 0 aromatic heterocycles. The summed E-state index contributed by atoms with van der Waals surface area (Å²) in [6.45, 7) is -3.29. The molecule has 1 N–H and O–H groups in total. The Balaban J connectivity index is 2.56. The van der Waals surface area contributed by atoms with Crippen molar-refractivity contribution in [1.29, 1.82) is 0 Å². The zero-order valence-electron chi connectivity index (χ0n) is 7.87. The zero-order chi connectivity index (χ0) is 12.2. The highest BCUT2D eigenvalue weighted by molar-refractivity contribution is 9.39.